The second-order valence-electron chi connectivity index (χ2n) is 7.59. The summed E-state index contributed by atoms with van der Waals surface area (Å²) in [6, 6.07) is 13.0. The van der Waals surface area contributed by atoms with Gasteiger partial charge in [0.1, 0.15) is 17.8 Å². The molecule has 1 saturated heterocycles. The number of thiazole rings is 1. The van der Waals surface area contributed by atoms with E-state index in [1.165, 1.54) is 19.6 Å². The Labute approximate surface area is 204 Å². The number of nitrogens with zero attached hydrogens (tertiary/aromatic N) is 2. The first-order valence-corrected chi connectivity index (χ1v) is 11.5. The van der Waals surface area contributed by atoms with Gasteiger partial charge in [-0.15, -0.1) is 11.3 Å². The number of urea groups is 1. The highest BCUT2D eigenvalue weighted by atomic mass is 32.1. The molecule has 2 aromatic carbocycles. The van der Waals surface area contributed by atoms with Crippen molar-refractivity contribution in [3.8, 4) is 5.75 Å². The maximum atomic E-state index is 13.4. The number of esters is 1. The fraction of sp³-hybridized carbons (Fsp3) is 0.208. The molecule has 180 valence electrons. The number of carbonyl (C=O) groups excluding carboxylic acids is 4. The summed E-state index contributed by atoms with van der Waals surface area (Å²) in [7, 11) is 2.73. The van der Waals surface area contributed by atoms with Crippen molar-refractivity contribution < 1.29 is 28.7 Å². The molecule has 2 heterocycles. The van der Waals surface area contributed by atoms with Crippen molar-refractivity contribution >= 4 is 40.3 Å². The number of carbonyl (C=O) groups is 4. The summed E-state index contributed by atoms with van der Waals surface area (Å²) in [5.41, 5.74) is 1.33. The van der Waals surface area contributed by atoms with Crippen LogP contribution >= 0.6 is 11.3 Å². The molecule has 2 N–H and O–H groups in total. The smallest absolute Gasteiger partial charge is 0.357 e. The molecule has 3 aromatic rings. The lowest BCUT2D eigenvalue weighted by Crippen LogP contribution is -2.49. The van der Waals surface area contributed by atoms with Crippen LogP contribution in [0.4, 0.5) is 9.93 Å². The van der Waals surface area contributed by atoms with E-state index in [1.807, 2.05) is 6.07 Å². The van der Waals surface area contributed by atoms with Crippen molar-refractivity contribution in [2.75, 3.05) is 19.5 Å². The predicted molar refractivity (Wildman–Crippen MR) is 127 cm³/mol. The summed E-state index contributed by atoms with van der Waals surface area (Å²) >= 11 is 1.03. The number of methoxy groups -OCH3 is 2. The Kier molecular flexibility index (Phi) is 7.06. The van der Waals surface area contributed by atoms with Gasteiger partial charge in [-0.25, -0.2) is 19.5 Å². The third-order valence-corrected chi connectivity index (χ3v) is 6.17. The first kappa shape index (κ1) is 23.9. The number of amides is 4. The molecule has 1 fully saturated rings. The lowest BCUT2D eigenvalue weighted by Gasteiger charge is -2.24. The molecule has 1 aromatic heterocycles. The molecule has 4 rings (SSSR count). The van der Waals surface area contributed by atoms with Crippen molar-refractivity contribution in [3.05, 3.63) is 76.8 Å². The van der Waals surface area contributed by atoms with Crippen molar-refractivity contribution in [2.45, 2.75) is 18.5 Å². The van der Waals surface area contributed by atoms with E-state index >= 15 is 0 Å². The van der Waals surface area contributed by atoms with Crippen LogP contribution in [0.5, 0.6) is 5.75 Å². The molecule has 1 aliphatic rings. The van der Waals surface area contributed by atoms with Gasteiger partial charge in [0.2, 0.25) is 5.91 Å². The Hall–Kier alpha value is -4.25. The van der Waals surface area contributed by atoms with Crippen molar-refractivity contribution in [1.82, 2.24) is 15.2 Å². The van der Waals surface area contributed by atoms with Gasteiger partial charge >= 0.3 is 12.0 Å². The number of rotatable bonds is 8. The van der Waals surface area contributed by atoms with Gasteiger partial charge in [0.15, 0.2) is 10.8 Å². The molecule has 2 atom stereocenters. The molecule has 35 heavy (non-hydrogen) atoms. The number of aromatic nitrogens is 1. The summed E-state index contributed by atoms with van der Waals surface area (Å²) in [6.07, 6.45) is 0.0892. The number of imide groups is 1. The Morgan fingerprint density at radius 1 is 1.14 bits per heavy atom. The van der Waals surface area contributed by atoms with Gasteiger partial charge in [-0.05, 0) is 23.3 Å². The molecule has 0 spiro atoms. The minimum absolute atomic E-state index is 0.0421. The maximum absolute atomic E-state index is 13.4. The highest BCUT2D eigenvalue weighted by Gasteiger charge is 2.45. The Balaban J connectivity index is 1.62. The fourth-order valence-corrected chi connectivity index (χ4v) is 4.38. The van der Waals surface area contributed by atoms with Crippen LogP contribution in [0, 0.1) is 0 Å². The minimum atomic E-state index is -1.16. The van der Waals surface area contributed by atoms with E-state index in [1.54, 1.807) is 48.5 Å². The number of nitrogens with one attached hydrogen (secondary N) is 2. The van der Waals surface area contributed by atoms with Crippen LogP contribution in [0.3, 0.4) is 0 Å². The van der Waals surface area contributed by atoms with Crippen LogP contribution in [0.1, 0.15) is 27.7 Å². The quantitative estimate of drug-likeness (QED) is 0.364. The van der Waals surface area contributed by atoms with E-state index in [2.05, 4.69) is 20.4 Å². The number of anilines is 1. The van der Waals surface area contributed by atoms with E-state index in [0.29, 0.717) is 11.3 Å². The average Bonchev–Trinajstić information content (AvgIpc) is 3.46. The Bertz CT molecular complexity index is 1260. The first-order valence-electron chi connectivity index (χ1n) is 10.6. The zero-order chi connectivity index (χ0) is 24.9. The standard InChI is InChI=1S/C24H22N4O6S/c1-33-16-10-6-9-15(12-16)19-21(30)28(24(32)26-19)18(11-14-7-4-3-5-8-14)20(29)27-23-25-17(13-35-23)22(31)34-2/h3-10,12-13,18-19H,11H2,1-2H3,(H,26,32)(H,25,27,29). The van der Waals surface area contributed by atoms with Crippen LogP contribution in [-0.2, 0) is 20.7 Å². The van der Waals surface area contributed by atoms with Gasteiger partial charge in [0, 0.05) is 11.8 Å². The Morgan fingerprint density at radius 2 is 1.91 bits per heavy atom. The van der Waals surface area contributed by atoms with E-state index in [4.69, 9.17) is 4.74 Å². The lowest BCUT2D eigenvalue weighted by atomic mass is 10.0. The largest absolute Gasteiger partial charge is 0.497 e. The highest BCUT2D eigenvalue weighted by molar-refractivity contribution is 7.14. The van der Waals surface area contributed by atoms with Gasteiger partial charge < -0.3 is 20.1 Å². The van der Waals surface area contributed by atoms with Gasteiger partial charge in [0.05, 0.1) is 14.2 Å². The summed E-state index contributed by atoms with van der Waals surface area (Å²) in [6.45, 7) is 0. The zero-order valence-corrected chi connectivity index (χ0v) is 19.7. The van der Waals surface area contributed by atoms with Crippen molar-refractivity contribution in [3.63, 3.8) is 0 Å². The van der Waals surface area contributed by atoms with Gasteiger partial charge in [-0.1, -0.05) is 42.5 Å². The SMILES string of the molecule is COC(=O)c1csc(NC(=O)C(Cc2ccccc2)N2C(=O)NC(c3cccc(OC)c3)C2=O)n1. The summed E-state index contributed by atoms with van der Waals surface area (Å²) in [5.74, 6) is -1.28. The lowest BCUT2D eigenvalue weighted by molar-refractivity contribution is -0.134. The minimum Gasteiger partial charge on any atom is -0.497 e. The summed E-state index contributed by atoms with van der Waals surface area (Å²) in [4.78, 5) is 56.3. The molecule has 4 amide bonds. The topological polar surface area (TPSA) is 127 Å². The molecular formula is C24H22N4O6S. The van der Waals surface area contributed by atoms with E-state index in [9.17, 15) is 19.2 Å². The molecule has 0 bridgehead atoms. The fourth-order valence-electron chi connectivity index (χ4n) is 3.69. The monoisotopic (exact) mass is 494 g/mol. The molecule has 0 radical (unpaired) electrons. The van der Waals surface area contributed by atoms with Crippen molar-refractivity contribution in [2.24, 2.45) is 0 Å². The van der Waals surface area contributed by atoms with Crippen LogP contribution in [0.2, 0.25) is 0 Å². The summed E-state index contributed by atoms with van der Waals surface area (Å²) < 4.78 is 9.86. The predicted octanol–water partition coefficient (Wildman–Crippen LogP) is 2.78. The first-order chi connectivity index (χ1) is 16.9. The van der Waals surface area contributed by atoms with Gasteiger partial charge in [-0.3, -0.25) is 9.59 Å². The molecule has 0 aliphatic carbocycles. The second-order valence-corrected chi connectivity index (χ2v) is 8.45. The number of benzene rings is 2. The van der Waals surface area contributed by atoms with E-state index in [0.717, 1.165) is 21.8 Å². The third kappa shape index (κ3) is 5.14. The number of ether oxygens (including phenoxy) is 2. The zero-order valence-electron chi connectivity index (χ0n) is 18.9. The molecule has 0 saturated carbocycles. The van der Waals surface area contributed by atoms with Crippen LogP contribution in [-0.4, -0.2) is 54.0 Å². The molecule has 2 unspecified atom stereocenters. The second kappa shape index (κ2) is 10.3. The third-order valence-electron chi connectivity index (χ3n) is 5.41. The van der Waals surface area contributed by atoms with Crippen LogP contribution in [0.25, 0.3) is 0 Å². The molecular weight excluding hydrogens is 472 g/mol. The normalized spacial score (nSPS) is 15.9. The van der Waals surface area contributed by atoms with Crippen molar-refractivity contribution in [1.29, 1.82) is 0 Å². The molecule has 1 aliphatic heterocycles. The van der Waals surface area contributed by atoms with Crippen LogP contribution < -0.4 is 15.4 Å². The number of hydrogen-bond acceptors (Lipinski definition) is 8. The number of hydrogen-bond donors (Lipinski definition) is 2. The highest BCUT2D eigenvalue weighted by Crippen LogP contribution is 2.28. The molecule has 11 heteroatoms. The Morgan fingerprint density at radius 3 is 2.63 bits per heavy atom. The maximum Gasteiger partial charge on any atom is 0.357 e. The van der Waals surface area contributed by atoms with Gasteiger partial charge in [0.25, 0.3) is 5.91 Å². The van der Waals surface area contributed by atoms with Crippen LogP contribution in [0.15, 0.2) is 60.0 Å². The summed E-state index contributed by atoms with van der Waals surface area (Å²) in [5, 5.41) is 6.87. The molecule has 10 nitrogen and oxygen atoms in total. The van der Waals surface area contributed by atoms with Gasteiger partial charge in [-0.2, -0.15) is 0 Å². The van der Waals surface area contributed by atoms with E-state index in [-0.39, 0.29) is 17.2 Å². The average molecular weight is 495 g/mol. The van der Waals surface area contributed by atoms with E-state index < -0.39 is 35.9 Å².